The zero-order valence-electron chi connectivity index (χ0n) is 12.6. The Hall–Kier alpha value is -2.37. The van der Waals surface area contributed by atoms with Gasteiger partial charge in [0.1, 0.15) is 6.54 Å². The van der Waals surface area contributed by atoms with Crippen LogP contribution in [0.1, 0.15) is 18.9 Å². The van der Waals surface area contributed by atoms with Gasteiger partial charge in [0, 0.05) is 26.1 Å². The highest BCUT2D eigenvalue weighted by Gasteiger charge is 2.36. The molecular formula is C16H20N2O4. The number of amides is 2. The van der Waals surface area contributed by atoms with Crippen LogP contribution in [0.15, 0.2) is 30.3 Å². The van der Waals surface area contributed by atoms with Gasteiger partial charge in [-0.05, 0) is 12.5 Å². The monoisotopic (exact) mass is 304 g/mol. The van der Waals surface area contributed by atoms with E-state index in [2.05, 4.69) is 0 Å². The number of hydrogen-bond acceptors (Lipinski definition) is 3. The summed E-state index contributed by atoms with van der Waals surface area (Å²) in [6, 6.07) is 9.25. The first kappa shape index (κ1) is 16.0. The summed E-state index contributed by atoms with van der Waals surface area (Å²) >= 11 is 0. The molecule has 0 aliphatic carbocycles. The van der Waals surface area contributed by atoms with Crippen LogP contribution in [-0.2, 0) is 20.9 Å². The fourth-order valence-electron chi connectivity index (χ4n) is 2.68. The average Bonchev–Trinajstić information content (AvgIpc) is 2.87. The molecule has 1 atom stereocenters. The van der Waals surface area contributed by atoms with Crippen LogP contribution in [0.5, 0.6) is 0 Å². The van der Waals surface area contributed by atoms with Crippen LogP contribution in [0.25, 0.3) is 0 Å². The number of carboxylic acids is 1. The Morgan fingerprint density at radius 1 is 1.32 bits per heavy atom. The van der Waals surface area contributed by atoms with Crippen molar-refractivity contribution in [2.24, 2.45) is 5.92 Å². The molecule has 0 saturated carbocycles. The quantitative estimate of drug-likeness (QED) is 0.849. The summed E-state index contributed by atoms with van der Waals surface area (Å²) in [5.74, 6) is -1.82. The van der Waals surface area contributed by atoms with Crippen molar-refractivity contribution in [1.29, 1.82) is 0 Å². The van der Waals surface area contributed by atoms with Gasteiger partial charge in [0.25, 0.3) is 0 Å². The maximum Gasteiger partial charge on any atom is 0.323 e. The Kier molecular flexibility index (Phi) is 5.14. The van der Waals surface area contributed by atoms with Gasteiger partial charge in [-0.3, -0.25) is 14.4 Å². The fourth-order valence-corrected chi connectivity index (χ4v) is 2.68. The molecule has 22 heavy (non-hydrogen) atoms. The lowest BCUT2D eigenvalue weighted by Gasteiger charge is -2.24. The number of rotatable bonds is 6. The van der Waals surface area contributed by atoms with Crippen LogP contribution in [-0.4, -0.2) is 52.3 Å². The van der Waals surface area contributed by atoms with E-state index in [1.54, 1.807) is 4.90 Å². The third-order valence-corrected chi connectivity index (χ3v) is 3.80. The van der Waals surface area contributed by atoms with E-state index in [-0.39, 0.29) is 31.3 Å². The molecule has 1 saturated heterocycles. The minimum atomic E-state index is -1.05. The van der Waals surface area contributed by atoms with Crippen molar-refractivity contribution in [3.05, 3.63) is 35.9 Å². The molecule has 1 N–H and O–H groups in total. The molecule has 2 amide bonds. The third-order valence-electron chi connectivity index (χ3n) is 3.80. The van der Waals surface area contributed by atoms with Gasteiger partial charge in [0.05, 0.1) is 5.92 Å². The zero-order valence-corrected chi connectivity index (χ0v) is 12.6. The Bertz CT molecular complexity index is 559. The summed E-state index contributed by atoms with van der Waals surface area (Å²) in [6.45, 7) is 2.69. The van der Waals surface area contributed by atoms with Crippen molar-refractivity contribution in [2.75, 3.05) is 19.6 Å². The lowest BCUT2D eigenvalue weighted by molar-refractivity contribution is -0.146. The van der Waals surface area contributed by atoms with Crippen LogP contribution in [0.2, 0.25) is 0 Å². The number of likely N-dealkylation sites (tertiary alicyclic amines) is 1. The van der Waals surface area contributed by atoms with Gasteiger partial charge < -0.3 is 14.9 Å². The van der Waals surface area contributed by atoms with E-state index < -0.39 is 11.9 Å². The van der Waals surface area contributed by atoms with E-state index in [4.69, 9.17) is 5.11 Å². The second kappa shape index (κ2) is 7.06. The predicted molar refractivity (Wildman–Crippen MR) is 79.9 cm³/mol. The molecule has 2 rings (SSSR count). The lowest BCUT2D eigenvalue weighted by atomic mass is 10.1. The van der Waals surface area contributed by atoms with Crippen LogP contribution in [0.4, 0.5) is 0 Å². The highest BCUT2D eigenvalue weighted by atomic mass is 16.4. The average molecular weight is 304 g/mol. The molecular weight excluding hydrogens is 284 g/mol. The SMILES string of the molecule is CCN1CC(C(=O)N(CC(=O)O)Cc2ccccc2)CC1=O. The number of carbonyl (C=O) groups excluding carboxylic acids is 2. The standard InChI is InChI=1S/C16H20N2O4/c1-2-17-10-13(8-14(17)19)16(22)18(11-15(20)21)9-12-6-4-3-5-7-12/h3-7,13H,2,8-11H2,1H3,(H,20,21). The molecule has 1 aliphatic rings. The molecule has 0 radical (unpaired) electrons. The molecule has 1 aliphatic heterocycles. The van der Waals surface area contributed by atoms with Crippen molar-refractivity contribution in [1.82, 2.24) is 9.80 Å². The van der Waals surface area contributed by atoms with Crippen molar-refractivity contribution < 1.29 is 19.5 Å². The number of benzene rings is 1. The molecule has 118 valence electrons. The number of aliphatic carboxylic acids is 1. The summed E-state index contributed by atoms with van der Waals surface area (Å²) in [5.41, 5.74) is 0.869. The van der Waals surface area contributed by atoms with Crippen LogP contribution < -0.4 is 0 Å². The number of carbonyl (C=O) groups is 3. The predicted octanol–water partition coefficient (Wildman–Crippen LogP) is 0.968. The van der Waals surface area contributed by atoms with Gasteiger partial charge in [-0.2, -0.15) is 0 Å². The first-order chi connectivity index (χ1) is 10.5. The number of hydrogen-bond donors (Lipinski definition) is 1. The number of carboxylic acid groups (broad SMARTS) is 1. The number of nitrogens with zero attached hydrogens (tertiary/aromatic N) is 2. The van der Waals surface area contributed by atoms with Gasteiger partial charge in [-0.1, -0.05) is 30.3 Å². The van der Waals surface area contributed by atoms with Gasteiger partial charge in [-0.25, -0.2) is 0 Å². The Morgan fingerprint density at radius 2 is 2.00 bits per heavy atom. The molecule has 6 nitrogen and oxygen atoms in total. The molecule has 6 heteroatoms. The molecule has 0 spiro atoms. The van der Waals surface area contributed by atoms with Crippen molar-refractivity contribution in [3.8, 4) is 0 Å². The second-order valence-corrected chi connectivity index (χ2v) is 5.41. The van der Waals surface area contributed by atoms with E-state index in [1.165, 1.54) is 4.90 Å². The van der Waals surface area contributed by atoms with Gasteiger partial charge in [-0.15, -0.1) is 0 Å². The summed E-state index contributed by atoms with van der Waals surface area (Å²) in [5, 5.41) is 9.03. The van der Waals surface area contributed by atoms with Gasteiger partial charge in [0.15, 0.2) is 0 Å². The molecule has 1 unspecified atom stereocenters. The Labute approximate surface area is 129 Å². The highest BCUT2D eigenvalue weighted by molar-refractivity contribution is 5.90. The van der Waals surface area contributed by atoms with E-state index in [0.717, 1.165) is 5.56 Å². The van der Waals surface area contributed by atoms with E-state index >= 15 is 0 Å². The smallest absolute Gasteiger partial charge is 0.323 e. The fraction of sp³-hybridized carbons (Fsp3) is 0.438. The maximum absolute atomic E-state index is 12.6. The Morgan fingerprint density at radius 3 is 2.55 bits per heavy atom. The summed E-state index contributed by atoms with van der Waals surface area (Å²) in [4.78, 5) is 38.3. The van der Waals surface area contributed by atoms with E-state index in [1.807, 2.05) is 37.3 Å². The molecule has 0 bridgehead atoms. The van der Waals surface area contributed by atoms with Gasteiger partial charge >= 0.3 is 5.97 Å². The van der Waals surface area contributed by atoms with Crippen LogP contribution >= 0.6 is 0 Å². The minimum Gasteiger partial charge on any atom is -0.480 e. The highest BCUT2D eigenvalue weighted by Crippen LogP contribution is 2.21. The zero-order chi connectivity index (χ0) is 16.1. The summed E-state index contributed by atoms with van der Waals surface area (Å²) in [7, 11) is 0. The molecule has 1 fully saturated rings. The first-order valence-corrected chi connectivity index (χ1v) is 7.33. The second-order valence-electron chi connectivity index (χ2n) is 5.41. The topological polar surface area (TPSA) is 77.9 Å². The maximum atomic E-state index is 12.6. The van der Waals surface area contributed by atoms with E-state index in [9.17, 15) is 14.4 Å². The van der Waals surface area contributed by atoms with Crippen molar-refractivity contribution >= 4 is 17.8 Å². The molecule has 1 heterocycles. The van der Waals surface area contributed by atoms with Gasteiger partial charge in [0.2, 0.25) is 11.8 Å². The van der Waals surface area contributed by atoms with Crippen LogP contribution in [0, 0.1) is 5.92 Å². The molecule has 0 aromatic heterocycles. The molecule has 1 aromatic rings. The Balaban J connectivity index is 2.10. The first-order valence-electron chi connectivity index (χ1n) is 7.33. The van der Waals surface area contributed by atoms with E-state index in [0.29, 0.717) is 13.1 Å². The largest absolute Gasteiger partial charge is 0.480 e. The minimum absolute atomic E-state index is 0.0455. The lowest BCUT2D eigenvalue weighted by Crippen LogP contribution is -2.40. The third kappa shape index (κ3) is 3.84. The van der Waals surface area contributed by atoms with Crippen LogP contribution in [0.3, 0.4) is 0 Å². The summed E-state index contributed by atoms with van der Waals surface area (Å²) < 4.78 is 0. The normalized spacial score (nSPS) is 17.6. The van der Waals surface area contributed by atoms with Crippen molar-refractivity contribution in [2.45, 2.75) is 19.9 Å². The molecule has 1 aromatic carbocycles. The summed E-state index contributed by atoms with van der Waals surface area (Å²) in [6.07, 6.45) is 0.164. The van der Waals surface area contributed by atoms with Crippen molar-refractivity contribution in [3.63, 3.8) is 0 Å².